The number of ether oxygens (including phenoxy) is 1. The summed E-state index contributed by atoms with van der Waals surface area (Å²) in [5.41, 5.74) is 2.34. The Morgan fingerprint density at radius 3 is 2.69 bits per heavy atom. The highest BCUT2D eigenvalue weighted by molar-refractivity contribution is 6.01. The van der Waals surface area contributed by atoms with E-state index in [0.717, 1.165) is 10.5 Å². The molecule has 2 aromatic carbocycles. The van der Waals surface area contributed by atoms with Gasteiger partial charge in [0, 0.05) is 11.6 Å². The van der Waals surface area contributed by atoms with Crippen LogP contribution in [0.25, 0.3) is 11.3 Å². The zero-order valence-corrected chi connectivity index (χ0v) is 15.3. The summed E-state index contributed by atoms with van der Waals surface area (Å²) in [7, 11) is 0. The molecule has 0 bridgehead atoms. The van der Waals surface area contributed by atoms with Gasteiger partial charge in [-0.3, -0.25) is 9.69 Å². The van der Waals surface area contributed by atoms with Gasteiger partial charge in [0.25, 0.3) is 0 Å². The van der Waals surface area contributed by atoms with Gasteiger partial charge >= 0.3 is 12.0 Å². The first-order valence-electron chi connectivity index (χ1n) is 8.95. The normalized spacial score (nSPS) is 13.4. The number of hydrogen-bond acceptors (Lipinski definition) is 6. The number of urea groups is 1. The molecule has 1 aromatic heterocycles. The highest BCUT2D eigenvalue weighted by atomic mass is 16.5. The summed E-state index contributed by atoms with van der Waals surface area (Å²) < 4.78 is 10.6. The second-order valence-electron chi connectivity index (χ2n) is 6.46. The molecule has 1 fully saturated rings. The molecule has 3 aromatic rings. The molecule has 0 unspecified atom stereocenters. The van der Waals surface area contributed by atoms with Crippen LogP contribution < -0.4 is 5.32 Å². The van der Waals surface area contributed by atoms with Crippen molar-refractivity contribution in [3.05, 3.63) is 77.5 Å². The largest absolute Gasteiger partial charge is 0.455 e. The number of esters is 1. The third kappa shape index (κ3) is 4.16. The lowest BCUT2D eigenvalue weighted by atomic mass is 10.1. The van der Waals surface area contributed by atoms with Crippen LogP contribution >= 0.6 is 0 Å². The van der Waals surface area contributed by atoms with Crippen molar-refractivity contribution >= 4 is 17.9 Å². The Hall–Kier alpha value is -3.94. The summed E-state index contributed by atoms with van der Waals surface area (Å²) in [6.45, 7) is 0.0468. The SMILES string of the molecule is O=C(OCc1cc(-c2ccccc2)on1)c1cccc(CN2C(=O)CNC2=O)c1. The molecule has 4 rings (SSSR count). The van der Waals surface area contributed by atoms with Crippen molar-refractivity contribution in [2.24, 2.45) is 0 Å². The number of rotatable bonds is 6. The van der Waals surface area contributed by atoms with Crippen molar-refractivity contribution in [1.29, 1.82) is 0 Å². The van der Waals surface area contributed by atoms with E-state index in [9.17, 15) is 14.4 Å². The fraction of sp³-hybridized carbons (Fsp3) is 0.143. The van der Waals surface area contributed by atoms with Crippen LogP contribution in [-0.4, -0.2) is 34.5 Å². The Morgan fingerprint density at radius 1 is 1.10 bits per heavy atom. The van der Waals surface area contributed by atoms with Gasteiger partial charge in [0.05, 0.1) is 18.7 Å². The first-order valence-corrected chi connectivity index (χ1v) is 8.95. The fourth-order valence-corrected chi connectivity index (χ4v) is 2.94. The summed E-state index contributed by atoms with van der Waals surface area (Å²) >= 11 is 0. The van der Waals surface area contributed by atoms with Gasteiger partial charge in [-0.15, -0.1) is 0 Å². The number of nitrogens with one attached hydrogen (secondary N) is 1. The summed E-state index contributed by atoms with van der Waals surface area (Å²) in [6.07, 6.45) is 0. The lowest BCUT2D eigenvalue weighted by molar-refractivity contribution is -0.125. The van der Waals surface area contributed by atoms with Gasteiger partial charge in [-0.25, -0.2) is 9.59 Å². The Labute approximate surface area is 166 Å². The van der Waals surface area contributed by atoms with Crippen molar-refractivity contribution in [3.8, 4) is 11.3 Å². The van der Waals surface area contributed by atoms with Crippen molar-refractivity contribution in [3.63, 3.8) is 0 Å². The fourth-order valence-electron chi connectivity index (χ4n) is 2.94. The molecule has 1 saturated heterocycles. The zero-order chi connectivity index (χ0) is 20.2. The van der Waals surface area contributed by atoms with Crippen LogP contribution in [0, 0.1) is 0 Å². The predicted molar refractivity (Wildman–Crippen MR) is 101 cm³/mol. The molecular formula is C21H17N3O5. The number of aromatic nitrogens is 1. The Kier molecular flexibility index (Phi) is 5.07. The van der Waals surface area contributed by atoms with Crippen LogP contribution in [0.2, 0.25) is 0 Å². The maximum atomic E-state index is 12.4. The zero-order valence-electron chi connectivity index (χ0n) is 15.3. The van der Waals surface area contributed by atoms with Gasteiger partial charge in [-0.2, -0.15) is 0 Å². The second kappa shape index (κ2) is 7.97. The van der Waals surface area contributed by atoms with E-state index in [2.05, 4.69) is 10.5 Å². The lowest BCUT2D eigenvalue weighted by Gasteiger charge is -2.12. The molecule has 1 aliphatic heterocycles. The molecule has 0 spiro atoms. The average molecular weight is 391 g/mol. The van der Waals surface area contributed by atoms with E-state index < -0.39 is 12.0 Å². The van der Waals surface area contributed by atoms with E-state index in [1.54, 1.807) is 30.3 Å². The standard InChI is InChI=1S/C21H17N3O5/c25-19-11-22-21(27)24(19)12-14-5-4-8-16(9-14)20(26)28-13-17-10-18(29-23-17)15-6-2-1-3-7-15/h1-10H,11-13H2,(H,22,27). The smallest absolute Gasteiger partial charge is 0.338 e. The van der Waals surface area contributed by atoms with Gasteiger partial charge in [0.15, 0.2) is 5.76 Å². The minimum absolute atomic E-state index is 0.0107. The maximum Gasteiger partial charge on any atom is 0.338 e. The molecule has 8 heteroatoms. The summed E-state index contributed by atoms with van der Waals surface area (Å²) in [4.78, 5) is 36.8. The number of carbonyl (C=O) groups is 3. The molecule has 2 heterocycles. The lowest BCUT2D eigenvalue weighted by Crippen LogP contribution is -2.30. The summed E-state index contributed by atoms with van der Waals surface area (Å²) in [6, 6.07) is 17.4. The quantitative estimate of drug-likeness (QED) is 0.512. The number of nitrogens with zero attached hydrogens (tertiary/aromatic N) is 2. The van der Waals surface area contributed by atoms with E-state index in [1.807, 2.05) is 30.3 Å². The molecule has 29 heavy (non-hydrogen) atoms. The van der Waals surface area contributed by atoms with Crippen molar-refractivity contribution in [2.45, 2.75) is 13.2 Å². The van der Waals surface area contributed by atoms with Crippen LogP contribution in [-0.2, 0) is 22.7 Å². The van der Waals surface area contributed by atoms with E-state index in [0.29, 0.717) is 22.6 Å². The Morgan fingerprint density at radius 2 is 1.93 bits per heavy atom. The molecule has 0 radical (unpaired) electrons. The average Bonchev–Trinajstić information content (AvgIpc) is 3.35. The number of amides is 3. The van der Waals surface area contributed by atoms with Crippen LogP contribution in [0.5, 0.6) is 0 Å². The molecule has 1 N–H and O–H groups in total. The number of imide groups is 1. The molecular weight excluding hydrogens is 374 g/mol. The summed E-state index contributed by atoms with van der Waals surface area (Å²) in [5.74, 6) is -0.247. The Bertz CT molecular complexity index is 1040. The van der Waals surface area contributed by atoms with Gasteiger partial charge < -0.3 is 14.6 Å². The van der Waals surface area contributed by atoms with Gasteiger partial charge in [-0.05, 0) is 17.7 Å². The first-order chi connectivity index (χ1) is 14.1. The van der Waals surface area contributed by atoms with Gasteiger partial charge in [0.2, 0.25) is 5.91 Å². The van der Waals surface area contributed by atoms with E-state index in [4.69, 9.17) is 9.26 Å². The third-order valence-electron chi connectivity index (χ3n) is 4.41. The monoisotopic (exact) mass is 391 g/mol. The predicted octanol–water partition coefficient (Wildman–Crippen LogP) is 2.75. The molecule has 146 valence electrons. The topological polar surface area (TPSA) is 102 Å². The first kappa shape index (κ1) is 18.4. The van der Waals surface area contributed by atoms with E-state index >= 15 is 0 Å². The second-order valence-corrected chi connectivity index (χ2v) is 6.46. The number of benzene rings is 2. The van der Waals surface area contributed by atoms with Crippen molar-refractivity contribution in [2.75, 3.05) is 6.54 Å². The molecule has 0 atom stereocenters. The van der Waals surface area contributed by atoms with Crippen LogP contribution in [0.3, 0.4) is 0 Å². The summed E-state index contributed by atoms with van der Waals surface area (Å²) in [5, 5.41) is 6.38. The highest BCUT2D eigenvalue weighted by Gasteiger charge is 2.28. The minimum Gasteiger partial charge on any atom is -0.455 e. The molecule has 8 nitrogen and oxygen atoms in total. The van der Waals surface area contributed by atoms with Gasteiger partial charge in [-0.1, -0.05) is 47.6 Å². The molecule has 0 saturated carbocycles. The van der Waals surface area contributed by atoms with E-state index in [1.165, 1.54) is 0 Å². The minimum atomic E-state index is -0.534. The Balaban J connectivity index is 1.38. The maximum absolute atomic E-state index is 12.4. The third-order valence-corrected chi connectivity index (χ3v) is 4.41. The van der Waals surface area contributed by atoms with Crippen molar-refractivity contribution < 1.29 is 23.6 Å². The number of carbonyl (C=O) groups excluding carboxylic acids is 3. The van der Waals surface area contributed by atoms with Crippen molar-refractivity contribution in [1.82, 2.24) is 15.4 Å². The van der Waals surface area contributed by atoms with Crippen LogP contribution in [0.1, 0.15) is 21.6 Å². The molecule has 3 amide bonds. The highest BCUT2D eigenvalue weighted by Crippen LogP contribution is 2.20. The molecule has 1 aliphatic rings. The number of hydrogen-bond donors (Lipinski definition) is 1. The molecule has 0 aliphatic carbocycles. The van der Waals surface area contributed by atoms with Crippen LogP contribution in [0.4, 0.5) is 4.79 Å². The van der Waals surface area contributed by atoms with Crippen LogP contribution in [0.15, 0.2) is 65.2 Å². The van der Waals surface area contributed by atoms with E-state index in [-0.39, 0.29) is 25.6 Å². The van der Waals surface area contributed by atoms with Gasteiger partial charge in [0.1, 0.15) is 12.3 Å².